The maximum Gasteiger partial charge on any atom is 0.573 e. The van der Waals surface area contributed by atoms with Crippen molar-refractivity contribution in [2.24, 2.45) is 0 Å². The lowest BCUT2D eigenvalue weighted by atomic mass is 10.1. The molecule has 0 spiro atoms. The number of carbonyl (C=O) groups excluding carboxylic acids is 1. The summed E-state index contributed by atoms with van der Waals surface area (Å²) in [5.41, 5.74) is 5.54. The molecule has 1 aliphatic heterocycles. The molecule has 1 aliphatic rings. The Hall–Kier alpha value is -5.32. The quantitative estimate of drug-likeness (QED) is 0.186. The Morgan fingerprint density at radius 3 is 2.54 bits per heavy atom. The number of nitrogens with one attached hydrogen (secondary N) is 4. The van der Waals surface area contributed by atoms with Gasteiger partial charge in [-0.1, -0.05) is 30.3 Å². The summed E-state index contributed by atoms with van der Waals surface area (Å²) in [7, 11) is 0. The van der Waals surface area contributed by atoms with Crippen molar-refractivity contribution in [2.75, 3.05) is 10.6 Å². The van der Waals surface area contributed by atoms with Crippen molar-refractivity contribution in [2.45, 2.75) is 6.36 Å². The zero-order valence-corrected chi connectivity index (χ0v) is 20.0. The van der Waals surface area contributed by atoms with Crippen LogP contribution in [0.4, 0.5) is 30.2 Å². The van der Waals surface area contributed by atoms with E-state index in [1.807, 2.05) is 60.7 Å². The van der Waals surface area contributed by atoms with Crippen LogP contribution in [-0.4, -0.2) is 32.4 Å². The zero-order valence-electron chi connectivity index (χ0n) is 20.0. The predicted octanol–water partition coefficient (Wildman–Crippen LogP) is 6.60. The number of carbonyl (C=O) groups is 1. The lowest BCUT2D eigenvalue weighted by Crippen LogP contribution is -2.17. The van der Waals surface area contributed by atoms with Crippen molar-refractivity contribution in [3.8, 4) is 28.5 Å². The van der Waals surface area contributed by atoms with Crippen LogP contribution in [0.25, 0.3) is 34.4 Å². The fourth-order valence-corrected chi connectivity index (χ4v) is 4.27. The van der Waals surface area contributed by atoms with Gasteiger partial charge < -0.3 is 20.4 Å². The van der Waals surface area contributed by atoms with Crippen molar-refractivity contribution in [1.82, 2.24) is 20.2 Å². The van der Waals surface area contributed by atoms with Crippen LogP contribution in [0.15, 0.2) is 85.1 Å². The number of ether oxygens (including phenoxy) is 1. The van der Waals surface area contributed by atoms with Crippen molar-refractivity contribution in [3.63, 3.8) is 0 Å². The monoisotopic (exact) mass is 528 g/mol. The van der Waals surface area contributed by atoms with E-state index in [0.29, 0.717) is 34.0 Å². The molecule has 5 aromatic rings. The molecule has 0 saturated heterocycles. The van der Waals surface area contributed by atoms with E-state index in [2.05, 4.69) is 35.5 Å². The molecule has 1 amide bonds. The van der Waals surface area contributed by atoms with Crippen LogP contribution in [0.5, 0.6) is 5.75 Å². The highest BCUT2D eigenvalue weighted by Crippen LogP contribution is 2.36. The SMILES string of the molecule is O=C1Nc2cc(Nc3cccc(-c4n[nH]c(-c5cccc(OC(F)(F)F)c5)n4)c3)ccc2C1=Cc1ccc[nH]1. The Kier molecular flexibility index (Phi) is 5.87. The van der Waals surface area contributed by atoms with Crippen LogP contribution in [0.3, 0.4) is 0 Å². The number of alkyl halides is 3. The summed E-state index contributed by atoms with van der Waals surface area (Å²) in [5, 5.41) is 13.2. The second kappa shape index (κ2) is 9.53. The first kappa shape index (κ1) is 24.0. The second-order valence-corrected chi connectivity index (χ2v) is 8.69. The third kappa shape index (κ3) is 5.23. The molecule has 3 aromatic carbocycles. The standard InChI is InChI=1S/C28H19F3N6O2/c29-28(30,31)39-21-8-2-5-17(13-21)26-35-25(36-37-26)16-4-1-6-19(12-16)33-20-9-10-22-23(14-18-7-3-11-32-18)27(38)34-24(22)15-20/h1-15,32-33H,(H,34,38)(H,35,36,37). The third-order valence-corrected chi connectivity index (χ3v) is 5.96. The molecule has 0 saturated carbocycles. The molecular weight excluding hydrogens is 509 g/mol. The Labute approximate surface area is 219 Å². The molecule has 8 nitrogen and oxygen atoms in total. The average molecular weight is 528 g/mol. The summed E-state index contributed by atoms with van der Waals surface area (Å²) in [5.74, 6) is 0.154. The minimum atomic E-state index is -4.79. The molecule has 0 fully saturated rings. The van der Waals surface area contributed by atoms with Gasteiger partial charge in [0, 0.05) is 40.0 Å². The smallest absolute Gasteiger partial charge is 0.406 e. The minimum Gasteiger partial charge on any atom is -0.406 e. The van der Waals surface area contributed by atoms with Gasteiger partial charge >= 0.3 is 6.36 Å². The maximum atomic E-state index is 12.6. The van der Waals surface area contributed by atoms with Crippen molar-refractivity contribution < 1.29 is 22.7 Å². The van der Waals surface area contributed by atoms with Crippen LogP contribution in [-0.2, 0) is 4.79 Å². The maximum absolute atomic E-state index is 12.6. The molecule has 0 atom stereocenters. The van der Waals surface area contributed by atoms with Gasteiger partial charge in [0.15, 0.2) is 11.6 Å². The van der Waals surface area contributed by atoms with Gasteiger partial charge in [-0.3, -0.25) is 9.89 Å². The molecule has 194 valence electrons. The fraction of sp³-hybridized carbons (Fsp3) is 0.0357. The fourth-order valence-electron chi connectivity index (χ4n) is 4.27. The first-order chi connectivity index (χ1) is 18.8. The number of benzene rings is 3. The molecule has 4 N–H and O–H groups in total. The van der Waals surface area contributed by atoms with Gasteiger partial charge in [0.1, 0.15) is 5.75 Å². The van der Waals surface area contributed by atoms with E-state index in [9.17, 15) is 18.0 Å². The zero-order chi connectivity index (χ0) is 27.0. The number of amides is 1. The molecule has 0 unspecified atom stereocenters. The molecule has 39 heavy (non-hydrogen) atoms. The molecule has 11 heteroatoms. The number of rotatable bonds is 6. The van der Waals surface area contributed by atoms with Crippen LogP contribution < -0.4 is 15.4 Å². The van der Waals surface area contributed by atoms with Crippen LogP contribution in [0.2, 0.25) is 0 Å². The van der Waals surface area contributed by atoms with Gasteiger partial charge in [-0.25, -0.2) is 4.98 Å². The minimum absolute atomic E-state index is 0.172. The Bertz CT molecular complexity index is 1710. The Morgan fingerprint density at radius 2 is 1.72 bits per heavy atom. The van der Waals surface area contributed by atoms with Crippen molar-refractivity contribution in [3.05, 3.63) is 96.3 Å². The summed E-state index contributed by atoms with van der Waals surface area (Å²) in [4.78, 5) is 20.0. The lowest BCUT2D eigenvalue weighted by molar-refractivity contribution is -0.274. The van der Waals surface area contributed by atoms with E-state index in [-0.39, 0.29) is 11.7 Å². The molecule has 2 aromatic heterocycles. The van der Waals surface area contributed by atoms with Crippen LogP contribution in [0.1, 0.15) is 11.3 Å². The largest absolute Gasteiger partial charge is 0.573 e. The van der Waals surface area contributed by atoms with Gasteiger partial charge in [-0.15, -0.1) is 13.2 Å². The second-order valence-electron chi connectivity index (χ2n) is 8.69. The van der Waals surface area contributed by atoms with E-state index in [4.69, 9.17) is 0 Å². The number of halogens is 3. The Morgan fingerprint density at radius 1 is 0.897 bits per heavy atom. The highest BCUT2D eigenvalue weighted by Gasteiger charge is 2.31. The van der Waals surface area contributed by atoms with Crippen molar-refractivity contribution in [1.29, 1.82) is 0 Å². The van der Waals surface area contributed by atoms with Crippen LogP contribution in [0, 0.1) is 0 Å². The van der Waals surface area contributed by atoms with Gasteiger partial charge in [-0.2, -0.15) is 5.10 Å². The van der Waals surface area contributed by atoms with Crippen LogP contribution >= 0.6 is 0 Å². The summed E-state index contributed by atoms with van der Waals surface area (Å²) in [6, 6.07) is 22.3. The molecule has 6 rings (SSSR count). The molecule has 0 aliphatic carbocycles. The number of anilines is 3. The first-order valence-corrected chi connectivity index (χ1v) is 11.8. The number of H-pyrrole nitrogens is 2. The average Bonchev–Trinajstić information content (AvgIpc) is 3.65. The summed E-state index contributed by atoms with van der Waals surface area (Å²) < 4.78 is 41.7. The van der Waals surface area contributed by atoms with Gasteiger partial charge in [0.05, 0.1) is 11.3 Å². The van der Waals surface area contributed by atoms with Gasteiger partial charge in [0.2, 0.25) is 0 Å². The molecule has 0 radical (unpaired) electrons. The number of hydrogen-bond acceptors (Lipinski definition) is 5. The van der Waals surface area contributed by atoms with E-state index in [1.165, 1.54) is 18.2 Å². The van der Waals surface area contributed by atoms with Gasteiger partial charge in [-0.05, 0) is 54.6 Å². The number of hydrogen-bond donors (Lipinski definition) is 4. The highest BCUT2D eigenvalue weighted by atomic mass is 19.4. The highest BCUT2D eigenvalue weighted by molar-refractivity contribution is 6.35. The molecule has 0 bridgehead atoms. The summed E-state index contributed by atoms with van der Waals surface area (Å²) in [6.07, 6.45) is -1.18. The number of fused-ring (bicyclic) bond motifs is 1. The normalized spacial score (nSPS) is 13.8. The van der Waals surface area contributed by atoms with E-state index < -0.39 is 6.36 Å². The summed E-state index contributed by atoms with van der Waals surface area (Å²) in [6.45, 7) is 0. The number of aromatic nitrogens is 4. The van der Waals surface area contributed by atoms with E-state index in [0.717, 1.165) is 22.6 Å². The molecule has 3 heterocycles. The third-order valence-electron chi connectivity index (χ3n) is 5.96. The molecular formula is C28H19F3N6O2. The summed E-state index contributed by atoms with van der Waals surface area (Å²) >= 11 is 0. The van der Waals surface area contributed by atoms with E-state index >= 15 is 0 Å². The predicted molar refractivity (Wildman–Crippen MR) is 141 cm³/mol. The Balaban J connectivity index is 1.21. The number of aromatic amines is 2. The topological polar surface area (TPSA) is 108 Å². The lowest BCUT2D eigenvalue weighted by Gasteiger charge is -2.09. The van der Waals surface area contributed by atoms with Gasteiger partial charge in [0.25, 0.3) is 5.91 Å². The van der Waals surface area contributed by atoms with E-state index in [1.54, 1.807) is 12.3 Å². The van der Waals surface area contributed by atoms with Crippen molar-refractivity contribution >= 4 is 34.6 Å². The number of nitrogens with zero attached hydrogens (tertiary/aromatic N) is 2. The first-order valence-electron chi connectivity index (χ1n) is 11.8.